The highest BCUT2D eigenvalue weighted by Gasteiger charge is 2.13. The topological polar surface area (TPSA) is 40.7 Å². The molecule has 2 N–H and O–H groups in total. The number of rotatable bonds is 5. The van der Waals surface area contributed by atoms with Crippen molar-refractivity contribution < 1.29 is 0 Å². The summed E-state index contributed by atoms with van der Waals surface area (Å²) in [5.74, 6) is 1.03. The quantitative estimate of drug-likeness (QED) is 0.872. The fraction of sp³-hybridized carbons (Fsp3) is 0.471. The molecule has 108 valence electrons. The van der Waals surface area contributed by atoms with E-state index in [2.05, 4.69) is 67.2 Å². The fourth-order valence-electron chi connectivity index (χ4n) is 2.23. The van der Waals surface area contributed by atoms with Crippen LogP contribution < -0.4 is 5.32 Å². The van der Waals surface area contributed by atoms with Gasteiger partial charge in [0.05, 0.1) is 0 Å². The molecule has 0 bridgehead atoms. The summed E-state index contributed by atoms with van der Waals surface area (Å²) in [6.45, 7) is 9.86. The van der Waals surface area contributed by atoms with E-state index in [1.807, 2.05) is 6.20 Å². The second kappa shape index (κ2) is 6.23. The third-order valence-electron chi connectivity index (χ3n) is 3.64. The van der Waals surface area contributed by atoms with Crippen molar-refractivity contribution in [3.8, 4) is 0 Å². The van der Waals surface area contributed by atoms with Crippen LogP contribution in [0, 0.1) is 0 Å². The molecule has 1 unspecified atom stereocenters. The van der Waals surface area contributed by atoms with Gasteiger partial charge in [0.15, 0.2) is 0 Å². The van der Waals surface area contributed by atoms with Crippen molar-refractivity contribution in [2.45, 2.75) is 45.6 Å². The third-order valence-corrected chi connectivity index (χ3v) is 3.64. The van der Waals surface area contributed by atoms with E-state index < -0.39 is 0 Å². The minimum atomic E-state index is 0.217. The molecule has 0 fully saturated rings. The molecule has 1 atom stereocenters. The van der Waals surface area contributed by atoms with Crippen LogP contribution in [0.4, 0.5) is 0 Å². The van der Waals surface area contributed by atoms with E-state index in [1.54, 1.807) is 6.20 Å². The van der Waals surface area contributed by atoms with Gasteiger partial charge in [0, 0.05) is 31.4 Å². The van der Waals surface area contributed by atoms with Crippen molar-refractivity contribution in [1.82, 2.24) is 15.3 Å². The number of benzene rings is 1. The molecule has 3 heteroatoms. The predicted molar refractivity (Wildman–Crippen MR) is 83.9 cm³/mol. The van der Waals surface area contributed by atoms with Crippen LogP contribution in [0.25, 0.3) is 0 Å². The molecule has 2 aromatic rings. The Morgan fingerprint density at radius 1 is 1.20 bits per heavy atom. The molecule has 0 aliphatic rings. The minimum absolute atomic E-state index is 0.217. The van der Waals surface area contributed by atoms with Crippen LogP contribution >= 0.6 is 0 Å². The maximum Gasteiger partial charge on any atom is 0.107 e. The monoisotopic (exact) mass is 271 g/mol. The largest absolute Gasteiger partial charge is 0.349 e. The highest BCUT2D eigenvalue weighted by Crippen LogP contribution is 2.23. The van der Waals surface area contributed by atoms with Gasteiger partial charge < -0.3 is 10.3 Å². The van der Waals surface area contributed by atoms with Crippen molar-refractivity contribution in [2.75, 3.05) is 6.54 Å². The molecule has 1 aromatic carbocycles. The highest BCUT2D eigenvalue weighted by atomic mass is 14.9. The number of H-pyrrole nitrogens is 1. The molecule has 0 amide bonds. The Labute approximate surface area is 121 Å². The molecule has 0 aliphatic heterocycles. The average Bonchev–Trinajstić information content (AvgIpc) is 2.91. The smallest absolute Gasteiger partial charge is 0.107 e. The summed E-state index contributed by atoms with van der Waals surface area (Å²) in [5.41, 5.74) is 2.93. The lowest BCUT2D eigenvalue weighted by molar-refractivity contribution is 0.567. The Morgan fingerprint density at radius 3 is 2.45 bits per heavy atom. The highest BCUT2D eigenvalue weighted by molar-refractivity contribution is 5.29. The number of aromatic nitrogens is 2. The van der Waals surface area contributed by atoms with Gasteiger partial charge in [-0.05, 0) is 23.5 Å². The van der Waals surface area contributed by atoms with Crippen molar-refractivity contribution >= 4 is 0 Å². The zero-order valence-electron chi connectivity index (χ0n) is 12.9. The van der Waals surface area contributed by atoms with E-state index in [4.69, 9.17) is 0 Å². The van der Waals surface area contributed by atoms with Crippen LogP contribution in [0.3, 0.4) is 0 Å². The van der Waals surface area contributed by atoms with Crippen LogP contribution in [0.2, 0.25) is 0 Å². The molecular formula is C17H25N3. The van der Waals surface area contributed by atoms with E-state index >= 15 is 0 Å². The first-order valence-corrected chi connectivity index (χ1v) is 7.29. The van der Waals surface area contributed by atoms with Gasteiger partial charge in [-0.1, -0.05) is 45.0 Å². The molecule has 20 heavy (non-hydrogen) atoms. The van der Waals surface area contributed by atoms with Gasteiger partial charge in [-0.15, -0.1) is 0 Å². The van der Waals surface area contributed by atoms with E-state index in [-0.39, 0.29) is 5.41 Å². The second-order valence-corrected chi connectivity index (χ2v) is 6.33. The fourth-order valence-corrected chi connectivity index (χ4v) is 2.23. The molecular weight excluding hydrogens is 246 g/mol. The van der Waals surface area contributed by atoms with Crippen molar-refractivity contribution in [3.63, 3.8) is 0 Å². The number of aromatic amines is 1. The van der Waals surface area contributed by atoms with Gasteiger partial charge in [0.2, 0.25) is 0 Å². The summed E-state index contributed by atoms with van der Waals surface area (Å²) in [6.07, 6.45) is 4.59. The molecule has 0 aliphatic carbocycles. The molecule has 3 nitrogen and oxygen atoms in total. The predicted octanol–water partition coefficient (Wildman–Crippen LogP) is 3.60. The standard InChI is InChI=1S/C17H25N3/c1-13(18-10-9-16-19-11-12-20-16)14-5-7-15(8-6-14)17(2,3)4/h5-8,11-13,18H,9-10H2,1-4H3,(H,19,20). The maximum atomic E-state index is 4.23. The van der Waals surface area contributed by atoms with Gasteiger partial charge in [-0.3, -0.25) is 0 Å². The number of nitrogens with zero attached hydrogens (tertiary/aromatic N) is 1. The number of hydrogen-bond donors (Lipinski definition) is 2. The Balaban J connectivity index is 1.87. The molecule has 0 spiro atoms. The number of imidazole rings is 1. The summed E-state index contributed by atoms with van der Waals surface area (Å²) in [7, 11) is 0. The third kappa shape index (κ3) is 3.94. The first-order valence-electron chi connectivity index (χ1n) is 7.29. The summed E-state index contributed by atoms with van der Waals surface area (Å²) < 4.78 is 0. The summed E-state index contributed by atoms with van der Waals surface area (Å²) >= 11 is 0. The second-order valence-electron chi connectivity index (χ2n) is 6.33. The normalized spacial score (nSPS) is 13.4. The lowest BCUT2D eigenvalue weighted by atomic mass is 9.86. The number of nitrogens with one attached hydrogen (secondary N) is 2. The molecule has 2 rings (SSSR count). The maximum absolute atomic E-state index is 4.23. The first-order chi connectivity index (χ1) is 9.47. The van der Waals surface area contributed by atoms with Gasteiger partial charge >= 0.3 is 0 Å². The summed E-state index contributed by atoms with van der Waals surface area (Å²) in [4.78, 5) is 7.35. The summed E-state index contributed by atoms with van der Waals surface area (Å²) in [5, 5.41) is 3.54. The Morgan fingerprint density at radius 2 is 1.90 bits per heavy atom. The van der Waals surface area contributed by atoms with E-state index in [0.29, 0.717) is 6.04 Å². The van der Waals surface area contributed by atoms with Crippen LogP contribution in [-0.2, 0) is 11.8 Å². The molecule has 0 saturated carbocycles. The van der Waals surface area contributed by atoms with E-state index in [9.17, 15) is 0 Å². The van der Waals surface area contributed by atoms with E-state index in [1.165, 1.54) is 11.1 Å². The Bertz CT molecular complexity index is 506. The SMILES string of the molecule is CC(NCCc1ncc[nH]1)c1ccc(C(C)(C)C)cc1. The zero-order valence-corrected chi connectivity index (χ0v) is 12.9. The van der Waals surface area contributed by atoms with Crippen LogP contribution in [0.5, 0.6) is 0 Å². The zero-order chi connectivity index (χ0) is 14.6. The number of hydrogen-bond acceptors (Lipinski definition) is 2. The Kier molecular flexibility index (Phi) is 4.61. The van der Waals surface area contributed by atoms with Gasteiger partial charge in [-0.2, -0.15) is 0 Å². The van der Waals surface area contributed by atoms with E-state index in [0.717, 1.165) is 18.8 Å². The molecule has 0 saturated heterocycles. The van der Waals surface area contributed by atoms with Crippen LogP contribution in [-0.4, -0.2) is 16.5 Å². The van der Waals surface area contributed by atoms with Crippen molar-refractivity contribution in [3.05, 3.63) is 53.6 Å². The van der Waals surface area contributed by atoms with Gasteiger partial charge in [-0.25, -0.2) is 4.98 Å². The van der Waals surface area contributed by atoms with Crippen LogP contribution in [0.15, 0.2) is 36.7 Å². The molecule has 1 aromatic heterocycles. The van der Waals surface area contributed by atoms with Gasteiger partial charge in [0.25, 0.3) is 0 Å². The molecule has 0 radical (unpaired) electrons. The van der Waals surface area contributed by atoms with Crippen molar-refractivity contribution in [1.29, 1.82) is 0 Å². The average molecular weight is 271 g/mol. The lowest BCUT2D eigenvalue weighted by Crippen LogP contribution is -2.22. The lowest BCUT2D eigenvalue weighted by Gasteiger charge is -2.20. The first kappa shape index (κ1) is 14.8. The minimum Gasteiger partial charge on any atom is -0.349 e. The van der Waals surface area contributed by atoms with Crippen molar-refractivity contribution in [2.24, 2.45) is 0 Å². The molecule has 1 heterocycles. The van der Waals surface area contributed by atoms with Gasteiger partial charge in [0.1, 0.15) is 5.82 Å². The summed E-state index contributed by atoms with van der Waals surface area (Å²) in [6, 6.07) is 9.29. The Hall–Kier alpha value is -1.61. The van der Waals surface area contributed by atoms with Crippen LogP contribution in [0.1, 0.15) is 50.7 Å².